The molecular weight excluding hydrogens is 288 g/mol. The van der Waals surface area contributed by atoms with Gasteiger partial charge >= 0.3 is 5.97 Å². The van der Waals surface area contributed by atoms with Gasteiger partial charge in [0.05, 0.1) is 0 Å². The lowest BCUT2D eigenvalue weighted by molar-refractivity contribution is -0.140. The van der Waals surface area contributed by atoms with Gasteiger partial charge in [0.2, 0.25) is 0 Å². The van der Waals surface area contributed by atoms with Crippen LogP contribution in [0.15, 0.2) is 29.3 Å². The second-order valence-corrected chi connectivity index (χ2v) is 4.38. The number of rotatable bonds is 3. The Bertz CT molecular complexity index is 555. The van der Waals surface area contributed by atoms with E-state index in [9.17, 15) is 4.79 Å². The molecule has 0 saturated carbocycles. The molecular formula is C10H9BrN4O2. The number of carbonyl (C=O) groups is 1. The van der Waals surface area contributed by atoms with Crippen LogP contribution in [-0.2, 0) is 4.79 Å². The van der Waals surface area contributed by atoms with Gasteiger partial charge in [-0.3, -0.25) is 9.55 Å². The minimum atomic E-state index is -0.936. The maximum Gasteiger partial charge on any atom is 0.326 e. The van der Waals surface area contributed by atoms with E-state index in [4.69, 9.17) is 5.11 Å². The van der Waals surface area contributed by atoms with Gasteiger partial charge in [-0.05, 0) is 28.9 Å². The van der Waals surface area contributed by atoms with Crippen molar-refractivity contribution < 1.29 is 9.90 Å². The average Bonchev–Trinajstić information content (AvgIpc) is 2.76. The van der Waals surface area contributed by atoms with Crippen LogP contribution in [0.4, 0.5) is 0 Å². The van der Waals surface area contributed by atoms with Gasteiger partial charge in [0.1, 0.15) is 12.4 Å². The van der Waals surface area contributed by atoms with Gasteiger partial charge in [0, 0.05) is 22.4 Å². The molecule has 0 bridgehead atoms. The average molecular weight is 297 g/mol. The highest BCUT2D eigenvalue weighted by Crippen LogP contribution is 2.22. The van der Waals surface area contributed by atoms with E-state index in [2.05, 4.69) is 31.1 Å². The number of aromatic nitrogens is 4. The van der Waals surface area contributed by atoms with E-state index >= 15 is 0 Å². The van der Waals surface area contributed by atoms with Gasteiger partial charge in [0.25, 0.3) is 0 Å². The molecule has 0 aliphatic rings. The molecule has 88 valence electrons. The third-order valence-corrected chi connectivity index (χ3v) is 2.74. The van der Waals surface area contributed by atoms with Crippen molar-refractivity contribution in [3.8, 4) is 11.4 Å². The molecule has 2 heterocycles. The smallest absolute Gasteiger partial charge is 0.326 e. The van der Waals surface area contributed by atoms with E-state index in [1.165, 1.54) is 10.9 Å². The molecule has 0 radical (unpaired) electrons. The number of aliphatic carboxylic acids is 1. The molecule has 0 aromatic carbocycles. The van der Waals surface area contributed by atoms with Crippen molar-refractivity contribution in [2.75, 3.05) is 0 Å². The first-order valence-corrected chi connectivity index (χ1v) is 5.62. The number of carboxylic acid groups (broad SMARTS) is 1. The maximum atomic E-state index is 10.9. The Kier molecular flexibility index (Phi) is 3.19. The van der Waals surface area contributed by atoms with Gasteiger partial charge in [0.15, 0.2) is 5.82 Å². The normalized spacial score (nSPS) is 12.4. The first-order valence-electron chi connectivity index (χ1n) is 4.83. The Morgan fingerprint density at radius 2 is 2.29 bits per heavy atom. The first-order chi connectivity index (χ1) is 8.09. The zero-order valence-corrected chi connectivity index (χ0v) is 10.5. The second kappa shape index (κ2) is 4.62. The Labute approximate surface area is 105 Å². The molecule has 0 aliphatic heterocycles. The van der Waals surface area contributed by atoms with Crippen LogP contribution in [0.1, 0.15) is 13.0 Å². The van der Waals surface area contributed by atoms with Crippen LogP contribution in [0.3, 0.4) is 0 Å². The van der Waals surface area contributed by atoms with Crippen molar-refractivity contribution in [3.63, 3.8) is 0 Å². The highest BCUT2D eigenvalue weighted by Gasteiger charge is 2.18. The quantitative estimate of drug-likeness (QED) is 0.933. The standard InChI is InChI=1S/C10H9BrN4O2/c1-6(10(16)17)15-5-13-14-9(15)7-2-8(11)4-12-3-7/h2-6H,1H3,(H,16,17). The molecule has 0 saturated heterocycles. The topological polar surface area (TPSA) is 80.9 Å². The summed E-state index contributed by atoms with van der Waals surface area (Å²) in [6.07, 6.45) is 4.65. The van der Waals surface area contributed by atoms with Gasteiger partial charge < -0.3 is 5.11 Å². The zero-order chi connectivity index (χ0) is 12.4. The van der Waals surface area contributed by atoms with Crippen molar-refractivity contribution in [2.24, 2.45) is 0 Å². The lowest BCUT2D eigenvalue weighted by Gasteiger charge is -2.10. The summed E-state index contributed by atoms with van der Waals surface area (Å²) in [5, 5.41) is 16.6. The first kappa shape index (κ1) is 11.7. The summed E-state index contributed by atoms with van der Waals surface area (Å²) in [4.78, 5) is 15.0. The highest BCUT2D eigenvalue weighted by atomic mass is 79.9. The summed E-state index contributed by atoms with van der Waals surface area (Å²) in [6.45, 7) is 1.57. The van der Waals surface area contributed by atoms with E-state index < -0.39 is 12.0 Å². The molecule has 7 heteroatoms. The zero-order valence-electron chi connectivity index (χ0n) is 8.91. The van der Waals surface area contributed by atoms with Crippen LogP contribution >= 0.6 is 15.9 Å². The Morgan fingerprint density at radius 1 is 1.53 bits per heavy atom. The van der Waals surface area contributed by atoms with Gasteiger partial charge in [-0.25, -0.2) is 4.79 Å². The highest BCUT2D eigenvalue weighted by molar-refractivity contribution is 9.10. The molecule has 6 nitrogen and oxygen atoms in total. The predicted molar refractivity (Wildman–Crippen MR) is 63.3 cm³/mol. The molecule has 0 spiro atoms. The second-order valence-electron chi connectivity index (χ2n) is 3.47. The fraction of sp³-hybridized carbons (Fsp3) is 0.200. The third kappa shape index (κ3) is 2.33. The number of halogens is 1. The van der Waals surface area contributed by atoms with Crippen molar-refractivity contribution in [1.82, 2.24) is 19.7 Å². The molecule has 1 atom stereocenters. The summed E-state index contributed by atoms with van der Waals surface area (Å²) >= 11 is 3.30. The van der Waals surface area contributed by atoms with Crippen LogP contribution in [0, 0.1) is 0 Å². The fourth-order valence-corrected chi connectivity index (χ4v) is 1.75. The van der Waals surface area contributed by atoms with Crippen LogP contribution in [0.2, 0.25) is 0 Å². The monoisotopic (exact) mass is 296 g/mol. The molecule has 2 rings (SSSR count). The Hall–Kier alpha value is -1.76. The Morgan fingerprint density at radius 3 is 2.94 bits per heavy atom. The molecule has 0 aliphatic carbocycles. The minimum absolute atomic E-state index is 0.480. The number of hydrogen-bond donors (Lipinski definition) is 1. The summed E-state index contributed by atoms with van der Waals surface area (Å²) in [7, 11) is 0. The summed E-state index contributed by atoms with van der Waals surface area (Å²) < 4.78 is 2.29. The van der Waals surface area contributed by atoms with Crippen LogP contribution < -0.4 is 0 Å². The van der Waals surface area contributed by atoms with Crippen LogP contribution in [-0.4, -0.2) is 30.8 Å². The van der Waals surface area contributed by atoms with Crippen LogP contribution in [0.5, 0.6) is 0 Å². The molecule has 2 aromatic rings. The predicted octanol–water partition coefficient (Wildman–Crippen LogP) is 1.75. The SMILES string of the molecule is CC(C(=O)O)n1cnnc1-c1cncc(Br)c1. The van der Waals surface area contributed by atoms with E-state index in [-0.39, 0.29) is 0 Å². The molecule has 1 unspecified atom stereocenters. The molecule has 17 heavy (non-hydrogen) atoms. The maximum absolute atomic E-state index is 10.9. The van der Waals surface area contributed by atoms with Crippen molar-refractivity contribution >= 4 is 21.9 Å². The number of carboxylic acids is 1. The van der Waals surface area contributed by atoms with Crippen molar-refractivity contribution in [1.29, 1.82) is 0 Å². The summed E-state index contributed by atoms with van der Waals surface area (Å²) in [6, 6.07) is 1.08. The van der Waals surface area contributed by atoms with Gasteiger partial charge in [-0.15, -0.1) is 10.2 Å². The van der Waals surface area contributed by atoms with Gasteiger partial charge in [-0.2, -0.15) is 0 Å². The minimum Gasteiger partial charge on any atom is -0.480 e. The van der Waals surface area contributed by atoms with Gasteiger partial charge in [-0.1, -0.05) is 0 Å². The molecule has 2 aromatic heterocycles. The van der Waals surface area contributed by atoms with E-state index in [1.54, 1.807) is 19.3 Å². The third-order valence-electron chi connectivity index (χ3n) is 2.31. The van der Waals surface area contributed by atoms with Crippen LogP contribution in [0.25, 0.3) is 11.4 Å². The largest absolute Gasteiger partial charge is 0.480 e. The number of nitrogens with zero attached hydrogens (tertiary/aromatic N) is 4. The van der Waals surface area contributed by atoms with Crippen molar-refractivity contribution in [3.05, 3.63) is 29.3 Å². The molecule has 0 fully saturated rings. The lowest BCUT2D eigenvalue weighted by Crippen LogP contribution is -2.15. The number of hydrogen-bond acceptors (Lipinski definition) is 4. The summed E-state index contributed by atoms with van der Waals surface area (Å²) in [5.74, 6) is -0.456. The van der Waals surface area contributed by atoms with E-state index in [0.29, 0.717) is 11.4 Å². The summed E-state index contributed by atoms with van der Waals surface area (Å²) in [5.41, 5.74) is 0.713. The number of pyridine rings is 1. The van der Waals surface area contributed by atoms with E-state index in [0.717, 1.165) is 4.47 Å². The van der Waals surface area contributed by atoms with Crippen molar-refractivity contribution in [2.45, 2.75) is 13.0 Å². The molecule has 1 N–H and O–H groups in total. The lowest BCUT2D eigenvalue weighted by atomic mass is 10.2. The van der Waals surface area contributed by atoms with E-state index in [1.807, 2.05) is 6.07 Å². The Balaban J connectivity index is 2.47. The molecule has 0 amide bonds. The fourth-order valence-electron chi connectivity index (χ4n) is 1.39.